The van der Waals surface area contributed by atoms with Gasteiger partial charge in [0.25, 0.3) is 0 Å². The lowest BCUT2D eigenvalue weighted by atomic mass is 10.0. The number of esters is 3. The summed E-state index contributed by atoms with van der Waals surface area (Å²) in [4.78, 5) is 38.4. The van der Waals surface area contributed by atoms with E-state index in [4.69, 9.17) is 14.2 Å². The largest absolute Gasteiger partial charge is 0.462 e. The number of unbranched alkanes of at least 4 members (excludes halogenated alkanes) is 51. The Morgan fingerprint density at radius 2 is 0.462 bits per heavy atom. The molecule has 0 saturated heterocycles. The van der Waals surface area contributed by atoms with Gasteiger partial charge in [-0.2, -0.15) is 0 Å². The van der Waals surface area contributed by atoms with Gasteiger partial charge in [-0.1, -0.05) is 353 Å². The summed E-state index contributed by atoms with van der Waals surface area (Å²) in [6, 6.07) is 0. The molecule has 0 aliphatic rings. The van der Waals surface area contributed by atoms with Crippen molar-refractivity contribution in [3.63, 3.8) is 0 Å². The zero-order chi connectivity index (χ0) is 56.4. The summed E-state index contributed by atoms with van der Waals surface area (Å²) in [5.41, 5.74) is 0. The predicted molar refractivity (Wildman–Crippen MR) is 340 cm³/mol. The van der Waals surface area contributed by atoms with E-state index in [2.05, 4.69) is 45.1 Å². The zero-order valence-electron chi connectivity index (χ0n) is 53.0. The molecule has 0 amide bonds. The predicted octanol–water partition coefficient (Wildman–Crippen LogP) is 24.2. The lowest BCUT2D eigenvalue weighted by molar-refractivity contribution is -0.167. The first-order chi connectivity index (χ1) is 38.5. The van der Waals surface area contributed by atoms with Crippen LogP contribution in [0.2, 0.25) is 0 Å². The Kier molecular flexibility index (Phi) is 65.6. The van der Waals surface area contributed by atoms with E-state index in [0.717, 1.165) is 77.0 Å². The molecule has 1 atom stereocenters. The minimum absolute atomic E-state index is 0.0693. The van der Waals surface area contributed by atoms with Crippen molar-refractivity contribution in [1.29, 1.82) is 0 Å². The molecule has 0 bridgehead atoms. The Morgan fingerprint density at radius 1 is 0.256 bits per heavy atom. The van der Waals surface area contributed by atoms with Crippen LogP contribution in [0.3, 0.4) is 0 Å². The normalized spacial score (nSPS) is 12.1. The van der Waals surface area contributed by atoms with Gasteiger partial charge in [-0.25, -0.2) is 0 Å². The molecule has 0 saturated carbocycles. The Hall–Kier alpha value is -2.11. The fourth-order valence-corrected chi connectivity index (χ4v) is 10.9. The van der Waals surface area contributed by atoms with Crippen LogP contribution in [0.15, 0.2) is 24.3 Å². The number of hydrogen-bond donors (Lipinski definition) is 0. The van der Waals surface area contributed by atoms with E-state index in [1.54, 1.807) is 0 Å². The van der Waals surface area contributed by atoms with Gasteiger partial charge in [0, 0.05) is 19.3 Å². The van der Waals surface area contributed by atoms with Crippen molar-refractivity contribution in [2.24, 2.45) is 0 Å². The molecule has 78 heavy (non-hydrogen) atoms. The van der Waals surface area contributed by atoms with Gasteiger partial charge < -0.3 is 14.2 Å². The van der Waals surface area contributed by atoms with Crippen LogP contribution in [-0.4, -0.2) is 37.2 Å². The minimum atomic E-state index is -0.774. The van der Waals surface area contributed by atoms with Crippen LogP contribution in [0.25, 0.3) is 0 Å². The summed E-state index contributed by atoms with van der Waals surface area (Å²) >= 11 is 0. The van der Waals surface area contributed by atoms with Gasteiger partial charge in [-0.3, -0.25) is 14.4 Å². The molecule has 0 heterocycles. The zero-order valence-corrected chi connectivity index (χ0v) is 53.0. The fourth-order valence-electron chi connectivity index (χ4n) is 10.9. The number of hydrogen-bond acceptors (Lipinski definition) is 6. The first kappa shape index (κ1) is 75.9. The molecule has 6 nitrogen and oxygen atoms in total. The smallest absolute Gasteiger partial charge is 0.306 e. The van der Waals surface area contributed by atoms with E-state index in [9.17, 15) is 14.4 Å². The molecule has 0 aromatic carbocycles. The third-order valence-corrected chi connectivity index (χ3v) is 16.2. The van der Waals surface area contributed by atoms with Crippen LogP contribution < -0.4 is 0 Å². The quantitative estimate of drug-likeness (QED) is 0.0261. The lowest BCUT2D eigenvalue weighted by Gasteiger charge is -2.18. The number of allylic oxidation sites excluding steroid dienone is 4. The van der Waals surface area contributed by atoms with E-state index >= 15 is 0 Å². The molecule has 0 aromatic rings. The SMILES string of the molecule is CCCCC/C=C\C/C=C\CCCCCCCC(=O)OCC(COC(=O)CCCCCCCCCCCCCCCCCCCCCCCCCCCCCC)OC(=O)CCCCCCCCCCCCCCCCCCC. The van der Waals surface area contributed by atoms with Gasteiger partial charge in [0.2, 0.25) is 0 Å². The third-order valence-electron chi connectivity index (χ3n) is 16.2. The highest BCUT2D eigenvalue weighted by Gasteiger charge is 2.19. The molecule has 0 radical (unpaired) electrons. The fraction of sp³-hybridized carbons (Fsp3) is 0.903. The van der Waals surface area contributed by atoms with E-state index < -0.39 is 6.10 Å². The molecule has 460 valence electrons. The highest BCUT2D eigenvalue weighted by atomic mass is 16.6. The first-order valence-corrected chi connectivity index (χ1v) is 35.3. The molecule has 6 heteroatoms. The van der Waals surface area contributed by atoms with E-state index in [1.165, 1.54) is 283 Å². The minimum Gasteiger partial charge on any atom is -0.462 e. The van der Waals surface area contributed by atoms with Crippen molar-refractivity contribution in [2.45, 2.75) is 406 Å². The van der Waals surface area contributed by atoms with Crippen molar-refractivity contribution in [3.05, 3.63) is 24.3 Å². The van der Waals surface area contributed by atoms with Crippen molar-refractivity contribution in [1.82, 2.24) is 0 Å². The van der Waals surface area contributed by atoms with Crippen molar-refractivity contribution in [3.8, 4) is 0 Å². The maximum atomic E-state index is 12.9. The Morgan fingerprint density at radius 3 is 0.731 bits per heavy atom. The van der Waals surface area contributed by atoms with E-state index in [1.807, 2.05) is 0 Å². The highest BCUT2D eigenvalue weighted by molar-refractivity contribution is 5.71. The first-order valence-electron chi connectivity index (χ1n) is 35.3. The number of rotatable bonds is 66. The molecule has 0 spiro atoms. The second kappa shape index (κ2) is 67.4. The van der Waals surface area contributed by atoms with E-state index in [0.29, 0.717) is 19.3 Å². The van der Waals surface area contributed by atoms with Gasteiger partial charge in [0.15, 0.2) is 6.10 Å². The van der Waals surface area contributed by atoms with Crippen LogP contribution in [0, 0.1) is 0 Å². The lowest BCUT2D eigenvalue weighted by Crippen LogP contribution is -2.30. The summed E-state index contributed by atoms with van der Waals surface area (Å²) in [5, 5.41) is 0. The second-order valence-corrected chi connectivity index (χ2v) is 24.2. The molecule has 0 fully saturated rings. The summed E-state index contributed by atoms with van der Waals surface area (Å²) in [7, 11) is 0. The molecule has 0 N–H and O–H groups in total. The summed E-state index contributed by atoms with van der Waals surface area (Å²) < 4.78 is 17.0. The van der Waals surface area contributed by atoms with Gasteiger partial charge in [-0.15, -0.1) is 0 Å². The third kappa shape index (κ3) is 64.7. The highest BCUT2D eigenvalue weighted by Crippen LogP contribution is 2.19. The van der Waals surface area contributed by atoms with Gasteiger partial charge in [-0.05, 0) is 51.4 Å². The number of carbonyl (C=O) groups is 3. The summed E-state index contributed by atoms with van der Waals surface area (Å²) in [5.74, 6) is -0.852. The van der Waals surface area contributed by atoms with Crippen molar-refractivity contribution in [2.75, 3.05) is 13.2 Å². The molecule has 0 aliphatic carbocycles. The van der Waals surface area contributed by atoms with Gasteiger partial charge in [0.05, 0.1) is 0 Å². The number of carbonyl (C=O) groups excluding carboxylic acids is 3. The molecular formula is C72H136O6. The summed E-state index contributed by atoms with van der Waals surface area (Å²) in [6.07, 6.45) is 82.1. The Labute approximate surface area is 487 Å². The van der Waals surface area contributed by atoms with Crippen LogP contribution in [-0.2, 0) is 28.6 Å². The maximum absolute atomic E-state index is 12.9. The van der Waals surface area contributed by atoms with Crippen LogP contribution in [0.5, 0.6) is 0 Å². The molecule has 1 unspecified atom stereocenters. The second-order valence-electron chi connectivity index (χ2n) is 24.2. The van der Waals surface area contributed by atoms with Crippen LogP contribution in [0.4, 0.5) is 0 Å². The summed E-state index contributed by atoms with van der Waals surface area (Å²) in [6.45, 7) is 6.69. The van der Waals surface area contributed by atoms with Crippen LogP contribution >= 0.6 is 0 Å². The van der Waals surface area contributed by atoms with Crippen molar-refractivity contribution >= 4 is 17.9 Å². The standard InChI is InChI=1S/C72H136O6/c1-4-7-10-13-16-19-22-25-28-30-31-32-33-34-35-36-37-38-39-40-42-44-47-50-53-56-59-62-65-71(74)77-68-69(67-76-70(73)64-61-58-55-52-49-46-43-27-24-21-18-15-12-9-6-3)78-72(75)66-63-60-57-54-51-48-45-41-29-26-23-20-17-14-11-8-5-2/h18,21,27,43,69H,4-17,19-20,22-26,28-42,44-68H2,1-3H3/b21-18-,43-27-. The van der Waals surface area contributed by atoms with Crippen LogP contribution in [0.1, 0.15) is 400 Å². The maximum Gasteiger partial charge on any atom is 0.306 e. The Bertz CT molecular complexity index is 1260. The monoisotopic (exact) mass is 1100 g/mol. The van der Waals surface area contributed by atoms with Gasteiger partial charge >= 0.3 is 17.9 Å². The topological polar surface area (TPSA) is 78.9 Å². The molecule has 0 aliphatic heterocycles. The molecule has 0 rings (SSSR count). The average Bonchev–Trinajstić information content (AvgIpc) is 3.44. The van der Waals surface area contributed by atoms with Gasteiger partial charge in [0.1, 0.15) is 13.2 Å². The molecule has 0 aromatic heterocycles. The Balaban J connectivity index is 4.19. The van der Waals surface area contributed by atoms with E-state index in [-0.39, 0.29) is 31.1 Å². The van der Waals surface area contributed by atoms with Crippen molar-refractivity contribution < 1.29 is 28.6 Å². The number of ether oxygens (including phenoxy) is 3. The average molecular weight is 1100 g/mol. The molecular weight excluding hydrogens is 961 g/mol.